The van der Waals surface area contributed by atoms with Crippen molar-refractivity contribution in [1.29, 1.82) is 0 Å². The predicted molar refractivity (Wildman–Crippen MR) is 88.3 cm³/mol. The molecule has 5 nitrogen and oxygen atoms in total. The zero-order chi connectivity index (χ0) is 15.5. The number of benzene rings is 1. The number of anilines is 1. The predicted octanol–water partition coefficient (Wildman–Crippen LogP) is 3.28. The second-order valence-corrected chi connectivity index (χ2v) is 6.52. The normalized spacial score (nSPS) is 14.1. The quantitative estimate of drug-likeness (QED) is 0.802. The molecule has 0 unspecified atom stereocenters. The lowest BCUT2D eigenvalue weighted by atomic mass is 10.1. The lowest BCUT2D eigenvalue weighted by Gasteiger charge is -2.12. The molecule has 22 heavy (non-hydrogen) atoms. The van der Waals surface area contributed by atoms with E-state index in [-0.39, 0.29) is 5.91 Å². The second-order valence-electron chi connectivity index (χ2n) is 5.58. The molecule has 6 heteroatoms. The van der Waals surface area contributed by atoms with Gasteiger partial charge < -0.3 is 5.32 Å². The molecule has 1 heterocycles. The molecule has 0 saturated heterocycles. The molecule has 0 spiro atoms. The Kier molecular flexibility index (Phi) is 4.47. The lowest BCUT2D eigenvalue weighted by molar-refractivity contribution is -0.113. The van der Waals surface area contributed by atoms with Crippen molar-refractivity contribution in [3.8, 4) is 0 Å². The Labute approximate surface area is 134 Å². The molecule has 1 aliphatic rings. The highest BCUT2D eigenvalue weighted by Gasteiger charge is 2.27. The summed E-state index contributed by atoms with van der Waals surface area (Å²) < 4.78 is 0. The van der Waals surface area contributed by atoms with Crippen molar-refractivity contribution >= 4 is 23.4 Å². The van der Waals surface area contributed by atoms with Gasteiger partial charge >= 0.3 is 0 Å². The van der Waals surface area contributed by atoms with Crippen LogP contribution in [0.5, 0.6) is 0 Å². The third-order valence-corrected chi connectivity index (χ3v) is 4.63. The molecule has 0 atom stereocenters. The number of carbonyl (C=O) groups excluding carboxylic acids is 1. The molecule has 116 valence electrons. The number of rotatable bonds is 6. The van der Waals surface area contributed by atoms with Gasteiger partial charge in [-0.05, 0) is 37.3 Å². The summed E-state index contributed by atoms with van der Waals surface area (Å²) in [5.41, 5.74) is 3.18. The van der Waals surface area contributed by atoms with Crippen molar-refractivity contribution in [2.24, 2.45) is 0 Å². The molecule has 2 aromatic rings. The molecule has 1 aliphatic carbocycles. The maximum absolute atomic E-state index is 12.2. The fourth-order valence-electron chi connectivity index (χ4n) is 2.37. The van der Waals surface area contributed by atoms with Crippen LogP contribution in [-0.4, -0.2) is 26.8 Å². The van der Waals surface area contributed by atoms with Crippen LogP contribution < -0.4 is 5.32 Å². The van der Waals surface area contributed by atoms with Crippen molar-refractivity contribution in [2.45, 2.75) is 44.2 Å². The number of hydrogen-bond acceptors (Lipinski definition) is 4. The number of nitrogens with one attached hydrogen (secondary N) is 2. The highest BCUT2D eigenvalue weighted by atomic mass is 32.2. The molecule has 3 rings (SSSR count). The van der Waals surface area contributed by atoms with Gasteiger partial charge in [0.05, 0.1) is 5.75 Å². The minimum Gasteiger partial charge on any atom is -0.325 e. The molecule has 1 aromatic heterocycles. The van der Waals surface area contributed by atoms with Crippen molar-refractivity contribution in [2.75, 3.05) is 11.1 Å². The molecule has 1 aromatic carbocycles. The van der Waals surface area contributed by atoms with Gasteiger partial charge in [-0.3, -0.25) is 9.89 Å². The number of hydrogen-bond donors (Lipinski definition) is 2. The fraction of sp³-hybridized carbons (Fsp3) is 0.438. The Morgan fingerprint density at radius 1 is 1.45 bits per heavy atom. The highest BCUT2D eigenvalue weighted by Crippen LogP contribution is 2.38. The largest absolute Gasteiger partial charge is 0.325 e. The van der Waals surface area contributed by atoms with Gasteiger partial charge in [0.15, 0.2) is 0 Å². The third-order valence-electron chi connectivity index (χ3n) is 3.78. The van der Waals surface area contributed by atoms with Crippen LogP contribution in [0.4, 0.5) is 5.69 Å². The van der Waals surface area contributed by atoms with Crippen LogP contribution in [0, 0.1) is 6.92 Å². The van der Waals surface area contributed by atoms with Gasteiger partial charge in [0.2, 0.25) is 11.1 Å². The smallest absolute Gasteiger partial charge is 0.234 e. The monoisotopic (exact) mass is 316 g/mol. The highest BCUT2D eigenvalue weighted by molar-refractivity contribution is 7.99. The second kappa shape index (κ2) is 6.52. The van der Waals surface area contributed by atoms with Crippen molar-refractivity contribution < 1.29 is 4.79 Å². The number of carbonyl (C=O) groups is 1. The average molecular weight is 316 g/mol. The first kappa shape index (κ1) is 15.1. The minimum atomic E-state index is -0.0215. The molecular formula is C16H20N4OS. The van der Waals surface area contributed by atoms with E-state index in [1.54, 1.807) is 0 Å². The van der Waals surface area contributed by atoms with Gasteiger partial charge in [-0.15, -0.1) is 5.10 Å². The van der Waals surface area contributed by atoms with Crippen LogP contribution in [-0.2, 0) is 11.2 Å². The first-order valence-corrected chi connectivity index (χ1v) is 8.59. The van der Waals surface area contributed by atoms with E-state index in [1.807, 2.05) is 25.1 Å². The molecule has 1 amide bonds. The van der Waals surface area contributed by atoms with Crippen molar-refractivity contribution in [3.05, 3.63) is 35.2 Å². The first-order chi connectivity index (χ1) is 10.7. The molecule has 2 N–H and O–H groups in total. The Hall–Kier alpha value is -1.82. The summed E-state index contributed by atoms with van der Waals surface area (Å²) in [5.74, 6) is 1.80. The maximum atomic E-state index is 12.2. The van der Waals surface area contributed by atoms with Crippen LogP contribution in [0.2, 0.25) is 0 Å². The van der Waals surface area contributed by atoms with E-state index >= 15 is 0 Å². The standard InChI is InChI=1S/C16H20N4OS/c1-3-11-6-4-5-10(2)14(11)17-13(21)9-22-16-18-15(19-20-16)12-7-8-12/h4-6,12H,3,7-9H2,1-2H3,(H,17,21)(H,18,19,20). The first-order valence-electron chi connectivity index (χ1n) is 7.60. The van der Waals surface area contributed by atoms with Gasteiger partial charge in [-0.2, -0.15) is 0 Å². The molecule has 0 radical (unpaired) electrons. The van der Waals surface area contributed by atoms with Crippen LogP contribution in [0.1, 0.15) is 42.6 Å². The van der Waals surface area contributed by atoms with Crippen LogP contribution >= 0.6 is 11.8 Å². The summed E-state index contributed by atoms with van der Waals surface area (Å²) in [6.45, 7) is 4.10. The molecule has 0 aliphatic heterocycles. The topological polar surface area (TPSA) is 70.7 Å². The van der Waals surface area contributed by atoms with E-state index in [9.17, 15) is 4.79 Å². The zero-order valence-corrected chi connectivity index (χ0v) is 13.7. The van der Waals surface area contributed by atoms with E-state index in [0.717, 1.165) is 29.1 Å². The van der Waals surface area contributed by atoms with Crippen molar-refractivity contribution in [1.82, 2.24) is 15.2 Å². The number of para-hydroxylation sites is 1. The maximum Gasteiger partial charge on any atom is 0.234 e. The number of H-pyrrole nitrogens is 1. The lowest BCUT2D eigenvalue weighted by Crippen LogP contribution is -2.16. The van der Waals surface area contributed by atoms with Gasteiger partial charge in [0.1, 0.15) is 5.82 Å². The van der Waals surface area contributed by atoms with E-state index in [1.165, 1.54) is 24.6 Å². The van der Waals surface area contributed by atoms with Crippen LogP contribution in [0.15, 0.2) is 23.4 Å². The Balaban J connectivity index is 1.58. The third kappa shape index (κ3) is 3.50. The van der Waals surface area contributed by atoms with Gasteiger partial charge in [0, 0.05) is 11.6 Å². The summed E-state index contributed by atoms with van der Waals surface area (Å²) in [5, 5.41) is 10.8. The van der Waals surface area contributed by atoms with E-state index in [4.69, 9.17) is 0 Å². The Morgan fingerprint density at radius 2 is 2.27 bits per heavy atom. The number of thioether (sulfide) groups is 1. The number of nitrogens with zero attached hydrogens (tertiary/aromatic N) is 2. The zero-order valence-electron chi connectivity index (χ0n) is 12.8. The van der Waals surface area contributed by atoms with Gasteiger partial charge in [0.25, 0.3) is 0 Å². The number of aryl methyl sites for hydroxylation is 2. The van der Waals surface area contributed by atoms with Crippen LogP contribution in [0.25, 0.3) is 0 Å². The molecular weight excluding hydrogens is 296 g/mol. The van der Waals surface area contributed by atoms with Crippen LogP contribution in [0.3, 0.4) is 0 Å². The molecule has 1 fully saturated rings. The summed E-state index contributed by atoms with van der Waals surface area (Å²) in [4.78, 5) is 16.6. The summed E-state index contributed by atoms with van der Waals surface area (Å²) >= 11 is 1.37. The van der Waals surface area contributed by atoms with Crippen molar-refractivity contribution in [3.63, 3.8) is 0 Å². The number of aromatic amines is 1. The average Bonchev–Trinajstić information content (AvgIpc) is 3.26. The number of aromatic nitrogens is 3. The van der Waals surface area contributed by atoms with Gasteiger partial charge in [-0.25, -0.2) is 4.98 Å². The summed E-state index contributed by atoms with van der Waals surface area (Å²) in [7, 11) is 0. The molecule has 1 saturated carbocycles. The number of amides is 1. The Morgan fingerprint density at radius 3 is 3.00 bits per heavy atom. The van der Waals surface area contributed by atoms with E-state index < -0.39 is 0 Å². The van der Waals surface area contributed by atoms with Gasteiger partial charge in [-0.1, -0.05) is 36.9 Å². The SMILES string of the molecule is CCc1cccc(C)c1NC(=O)CSc1n[nH]c(C2CC2)n1. The molecule has 0 bridgehead atoms. The summed E-state index contributed by atoms with van der Waals surface area (Å²) in [6, 6.07) is 6.08. The van der Waals surface area contributed by atoms with E-state index in [2.05, 4.69) is 27.4 Å². The fourth-order valence-corrected chi connectivity index (χ4v) is 2.98. The van der Waals surface area contributed by atoms with E-state index in [0.29, 0.717) is 16.8 Å². The summed E-state index contributed by atoms with van der Waals surface area (Å²) in [6.07, 6.45) is 3.27. The Bertz CT molecular complexity index is 679. The minimum absolute atomic E-state index is 0.0215.